The number of nitrogens with one attached hydrogen (secondary N) is 1. The summed E-state index contributed by atoms with van der Waals surface area (Å²) in [5.41, 5.74) is 1.13. The van der Waals surface area contributed by atoms with Gasteiger partial charge in [-0.2, -0.15) is 5.10 Å². The fraction of sp³-hybridized carbons (Fsp3) is 0.778. The van der Waals surface area contributed by atoms with Crippen LogP contribution in [0.4, 0.5) is 0 Å². The number of aryl methyl sites for hydroxylation is 1. The van der Waals surface area contributed by atoms with Gasteiger partial charge in [0.2, 0.25) is 0 Å². The van der Waals surface area contributed by atoms with Crippen LogP contribution in [-0.4, -0.2) is 78.0 Å². The van der Waals surface area contributed by atoms with Crippen molar-refractivity contribution in [3.05, 3.63) is 18.0 Å². The number of nitrogens with zero attached hydrogens (tertiary/aromatic N) is 5. The van der Waals surface area contributed by atoms with E-state index < -0.39 is 0 Å². The molecule has 0 bridgehead atoms. The summed E-state index contributed by atoms with van der Waals surface area (Å²) in [5, 5.41) is 7.87. The van der Waals surface area contributed by atoms with Crippen LogP contribution in [0.2, 0.25) is 0 Å². The number of aliphatic imine (C=N–C) groups is 1. The number of morpholine rings is 1. The minimum absolute atomic E-state index is 0.0582. The molecule has 0 amide bonds. The van der Waals surface area contributed by atoms with Crippen LogP contribution in [0.5, 0.6) is 0 Å². The van der Waals surface area contributed by atoms with Gasteiger partial charge in [0.15, 0.2) is 5.96 Å². The first-order valence-corrected chi connectivity index (χ1v) is 9.51. The Hall–Kier alpha value is -1.60. The zero-order valence-corrected chi connectivity index (χ0v) is 15.8. The van der Waals surface area contributed by atoms with E-state index in [-0.39, 0.29) is 6.10 Å². The maximum atomic E-state index is 5.95. The fourth-order valence-electron chi connectivity index (χ4n) is 3.90. The molecule has 0 aliphatic carbocycles. The van der Waals surface area contributed by atoms with Gasteiger partial charge in [0, 0.05) is 45.0 Å². The summed E-state index contributed by atoms with van der Waals surface area (Å²) in [7, 11) is 3.81. The molecule has 0 spiro atoms. The van der Waals surface area contributed by atoms with Crippen molar-refractivity contribution >= 4 is 5.96 Å². The second-order valence-electron chi connectivity index (χ2n) is 6.96. The highest BCUT2D eigenvalue weighted by Gasteiger charge is 2.26. The van der Waals surface area contributed by atoms with Gasteiger partial charge in [-0.05, 0) is 25.9 Å². The van der Waals surface area contributed by atoms with Gasteiger partial charge in [-0.25, -0.2) is 0 Å². The van der Waals surface area contributed by atoms with E-state index in [2.05, 4.69) is 32.1 Å². The van der Waals surface area contributed by atoms with Crippen molar-refractivity contribution in [2.75, 3.05) is 46.4 Å². The first kappa shape index (κ1) is 18.2. The predicted molar refractivity (Wildman–Crippen MR) is 99.7 cm³/mol. The topological polar surface area (TPSA) is 57.9 Å². The molecular weight excluding hydrogens is 316 g/mol. The van der Waals surface area contributed by atoms with Gasteiger partial charge in [0.05, 0.1) is 19.3 Å². The average Bonchev–Trinajstić information content (AvgIpc) is 3.09. The van der Waals surface area contributed by atoms with Crippen LogP contribution in [0.3, 0.4) is 0 Å². The number of hydrogen-bond donors (Lipinski definition) is 1. The van der Waals surface area contributed by atoms with Gasteiger partial charge >= 0.3 is 0 Å². The third-order valence-corrected chi connectivity index (χ3v) is 5.33. The molecule has 0 radical (unpaired) electrons. The second kappa shape index (κ2) is 8.67. The number of piperidine rings is 1. The van der Waals surface area contributed by atoms with E-state index in [9.17, 15) is 0 Å². The number of ether oxygens (including phenoxy) is 1. The van der Waals surface area contributed by atoms with Crippen LogP contribution in [0.25, 0.3) is 0 Å². The van der Waals surface area contributed by atoms with E-state index in [1.165, 1.54) is 25.8 Å². The van der Waals surface area contributed by atoms with E-state index in [1.807, 2.05) is 31.2 Å². The zero-order valence-electron chi connectivity index (χ0n) is 15.8. The Bertz CT molecular complexity index is 572. The summed E-state index contributed by atoms with van der Waals surface area (Å²) in [6.07, 6.45) is 7.93. The lowest BCUT2D eigenvalue weighted by Gasteiger charge is -2.38. The van der Waals surface area contributed by atoms with Crippen molar-refractivity contribution in [3.8, 4) is 0 Å². The molecule has 2 fully saturated rings. The molecule has 7 nitrogen and oxygen atoms in total. The van der Waals surface area contributed by atoms with Gasteiger partial charge in [0.25, 0.3) is 0 Å². The number of guanidine groups is 1. The molecule has 140 valence electrons. The second-order valence-corrected chi connectivity index (χ2v) is 6.96. The van der Waals surface area contributed by atoms with Gasteiger partial charge in [-0.15, -0.1) is 0 Å². The molecule has 1 N–H and O–H groups in total. The highest BCUT2D eigenvalue weighted by atomic mass is 16.5. The molecule has 7 heteroatoms. The Morgan fingerprint density at radius 3 is 3.00 bits per heavy atom. The van der Waals surface area contributed by atoms with E-state index in [1.54, 1.807) is 0 Å². The third kappa shape index (κ3) is 4.52. The standard InChI is InChI=1S/C18H32N6O/c1-4-23-8-6-5-7-16(23)12-20-18(19-2)24-9-10-25-17(14-24)15-11-21-22(3)13-15/h11,13,16-17H,4-10,12,14H2,1-3H3,(H,19,20). The van der Waals surface area contributed by atoms with E-state index in [4.69, 9.17) is 4.74 Å². The summed E-state index contributed by atoms with van der Waals surface area (Å²) in [4.78, 5) is 9.41. The van der Waals surface area contributed by atoms with Crippen LogP contribution < -0.4 is 5.32 Å². The first-order chi connectivity index (χ1) is 12.2. The number of likely N-dealkylation sites (tertiary alicyclic amines) is 1. The highest BCUT2D eigenvalue weighted by molar-refractivity contribution is 5.80. The molecule has 1 aromatic rings. The molecule has 25 heavy (non-hydrogen) atoms. The van der Waals surface area contributed by atoms with Crippen LogP contribution in [0.15, 0.2) is 17.4 Å². The Labute approximate surface area is 151 Å². The summed E-state index contributed by atoms with van der Waals surface area (Å²) in [6, 6.07) is 0.616. The fourth-order valence-corrected chi connectivity index (χ4v) is 3.90. The Balaban J connectivity index is 1.57. The smallest absolute Gasteiger partial charge is 0.193 e. The number of aromatic nitrogens is 2. The summed E-state index contributed by atoms with van der Waals surface area (Å²) < 4.78 is 7.77. The SMILES string of the molecule is CCN1CCCCC1CNC(=NC)N1CCOC(c2cnn(C)c2)C1. The zero-order chi connectivity index (χ0) is 17.6. The summed E-state index contributed by atoms with van der Waals surface area (Å²) in [5.74, 6) is 0.985. The molecule has 2 unspecified atom stereocenters. The lowest BCUT2D eigenvalue weighted by molar-refractivity contribution is -0.00818. The van der Waals surface area contributed by atoms with Crippen LogP contribution in [-0.2, 0) is 11.8 Å². The molecule has 0 saturated carbocycles. The Morgan fingerprint density at radius 2 is 2.28 bits per heavy atom. The summed E-state index contributed by atoms with van der Waals surface area (Å²) in [6.45, 7) is 7.98. The molecule has 2 aliphatic heterocycles. The van der Waals surface area contributed by atoms with Crippen LogP contribution in [0.1, 0.15) is 37.9 Å². The normalized spacial score (nSPS) is 26.0. The van der Waals surface area contributed by atoms with Gasteiger partial charge in [-0.1, -0.05) is 13.3 Å². The molecule has 1 aromatic heterocycles. The van der Waals surface area contributed by atoms with Crippen molar-refractivity contribution in [1.82, 2.24) is 24.9 Å². The van der Waals surface area contributed by atoms with Gasteiger partial charge in [0.1, 0.15) is 6.10 Å². The Kier molecular flexibility index (Phi) is 6.31. The van der Waals surface area contributed by atoms with Crippen molar-refractivity contribution in [2.24, 2.45) is 12.0 Å². The lowest BCUT2D eigenvalue weighted by atomic mass is 10.0. The van der Waals surface area contributed by atoms with Gasteiger partial charge in [-0.3, -0.25) is 14.6 Å². The Morgan fingerprint density at radius 1 is 1.40 bits per heavy atom. The summed E-state index contributed by atoms with van der Waals surface area (Å²) >= 11 is 0. The predicted octanol–water partition coefficient (Wildman–Crippen LogP) is 1.24. The molecule has 3 rings (SSSR count). The van der Waals surface area contributed by atoms with Crippen molar-refractivity contribution in [3.63, 3.8) is 0 Å². The highest BCUT2D eigenvalue weighted by Crippen LogP contribution is 2.22. The van der Waals surface area contributed by atoms with E-state index >= 15 is 0 Å². The molecular formula is C18H32N6O. The van der Waals surface area contributed by atoms with E-state index in [0.717, 1.165) is 37.7 Å². The minimum atomic E-state index is 0.0582. The number of likely N-dealkylation sites (N-methyl/N-ethyl adjacent to an activating group) is 1. The lowest BCUT2D eigenvalue weighted by Crippen LogP contribution is -2.52. The maximum absolute atomic E-state index is 5.95. The largest absolute Gasteiger partial charge is 0.370 e. The molecule has 3 heterocycles. The van der Waals surface area contributed by atoms with Crippen LogP contribution in [0, 0.1) is 0 Å². The minimum Gasteiger partial charge on any atom is -0.370 e. The van der Waals surface area contributed by atoms with Gasteiger partial charge < -0.3 is 15.0 Å². The number of hydrogen-bond acceptors (Lipinski definition) is 4. The van der Waals surface area contributed by atoms with Crippen LogP contribution >= 0.6 is 0 Å². The van der Waals surface area contributed by atoms with Crippen molar-refractivity contribution in [1.29, 1.82) is 0 Å². The third-order valence-electron chi connectivity index (χ3n) is 5.33. The monoisotopic (exact) mass is 348 g/mol. The number of rotatable bonds is 4. The first-order valence-electron chi connectivity index (χ1n) is 9.51. The van der Waals surface area contributed by atoms with Crippen molar-refractivity contribution < 1.29 is 4.74 Å². The molecule has 2 atom stereocenters. The average molecular weight is 348 g/mol. The molecule has 2 saturated heterocycles. The maximum Gasteiger partial charge on any atom is 0.193 e. The van der Waals surface area contributed by atoms with E-state index in [0.29, 0.717) is 12.6 Å². The molecule has 0 aromatic carbocycles. The van der Waals surface area contributed by atoms with Crippen molar-refractivity contribution in [2.45, 2.75) is 38.3 Å². The quantitative estimate of drug-likeness (QED) is 0.655. The molecule has 2 aliphatic rings.